The molecular formula is C64H124O17P2. The van der Waals surface area contributed by atoms with E-state index in [9.17, 15) is 43.2 Å². The van der Waals surface area contributed by atoms with Crippen molar-refractivity contribution in [1.29, 1.82) is 0 Å². The summed E-state index contributed by atoms with van der Waals surface area (Å²) in [7, 11) is -9.89. The summed E-state index contributed by atoms with van der Waals surface area (Å²) in [5.74, 6) is 0.697. The van der Waals surface area contributed by atoms with Gasteiger partial charge in [0.15, 0.2) is 12.2 Å². The van der Waals surface area contributed by atoms with Crippen molar-refractivity contribution in [3.05, 3.63) is 0 Å². The number of carbonyl (C=O) groups excluding carboxylic acids is 4. The van der Waals surface area contributed by atoms with Crippen molar-refractivity contribution in [2.45, 2.75) is 324 Å². The zero-order valence-corrected chi connectivity index (χ0v) is 55.6. The predicted octanol–water partition coefficient (Wildman–Crippen LogP) is 17.4. The molecule has 3 unspecified atom stereocenters. The van der Waals surface area contributed by atoms with E-state index in [2.05, 4.69) is 55.4 Å². The van der Waals surface area contributed by atoms with Crippen molar-refractivity contribution in [3.63, 3.8) is 0 Å². The molecule has 492 valence electrons. The fraction of sp³-hybridized carbons (Fsp3) is 0.938. The average Bonchev–Trinajstić information content (AvgIpc) is 3.42. The maximum atomic E-state index is 13.0. The molecule has 0 fully saturated rings. The van der Waals surface area contributed by atoms with Crippen LogP contribution in [0.15, 0.2) is 0 Å². The Morgan fingerprint density at radius 1 is 0.301 bits per heavy atom. The smallest absolute Gasteiger partial charge is 0.462 e. The third kappa shape index (κ3) is 58.8. The zero-order valence-electron chi connectivity index (χ0n) is 53.8. The van der Waals surface area contributed by atoms with Crippen LogP contribution in [0.2, 0.25) is 0 Å². The van der Waals surface area contributed by atoms with Gasteiger partial charge in [-0.25, -0.2) is 9.13 Å². The normalized spacial score (nSPS) is 14.4. The standard InChI is InChI=1S/C64H124O17P2/c1-54(2)40-32-24-16-12-10-9-11-13-19-28-36-44-61(66)74-50-59(80-63(68)46-38-30-21-15-18-26-34-42-56(5)6)52-78-82(70,71)76-48-58(65)49-77-83(72,73)79-53-60(81-64(69)47-39-31-23-22-27-35-43-57(7)8)51-75-62(67)45-37-29-20-14-17-25-33-41-55(3)4/h54-60,65H,9-53H2,1-8H3,(H,70,71)(H,72,73)/t58?,59-,60-/m1/s1. The van der Waals surface area contributed by atoms with Crippen LogP contribution in [0.3, 0.4) is 0 Å². The van der Waals surface area contributed by atoms with E-state index >= 15 is 0 Å². The molecule has 0 saturated heterocycles. The van der Waals surface area contributed by atoms with Gasteiger partial charge in [0.25, 0.3) is 0 Å². The SMILES string of the molecule is CC(C)CCCCCCCCCCCCCC(=O)OC[C@H](COP(=O)(O)OCC(O)COP(=O)(O)OC[C@@H](COC(=O)CCCCCCCCCC(C)C)OC(=O)CCCCCCCCC(C)C)OC(=O)CCCCCCCCCC(C)C. The Kier molecular flexibility index (Phi) is 53.0. The van der Waals surface area contributed by atoms with Gasteiger partial charge in [0.2, 0.25) is 0 Å². The van der Waals surface area contributed by atoms with Crippen LogP contribution in [0.4, 0.5) is 0 Å². The second kappa shape index (κ2) is 54.2. The molecule has 0 rings (SSSR count). The second-order valence-corrected chi connectivity index (χ2v) is 28.0. The maximum absolute atomic E-state index is 13.0. The average molecular weight is 1230 g/mol. The number of hydrogen-bond acceptors (Lipinski definition) is 15. The van der Waals surface area contributed by atoms with Crippen LogP contribution in [-0.2, 0) is 65.4 Å². The van der Waals surface area contributed by atoms with Crippen LogP contribution < -0.4 is 0 Å². The van der Waals surface area contributed by atoms with Gasteiger partial charge in [-0.3, -0.25) is 37.3 Å². The molecule has 0 aromatic heterocycles. The van der Waals surface area contributed by atoms with Gasteiger partial charge in [-0.05, 0) is 49.4 Å². The van der Waals surface area contributed by atoms with Crippen molar-refractivity contribution >= 4 is 39.5 Å². The number of esters is 4. The number of aliphatic hydroxyl groups is 1. The van der Waals surface area contributed by atoms with E-state index < -0.39 is 97.5 Å². The number of phosphoric ester groups is 2. The van der Waals surface area contributed by atoms with Crippen LogP contribution in [-0.4, -0.2) is 96.7 Å². The lowest BCUT2D eigenvalue weighted by atomic mass is 10.0. The Labute approximate surface area is 505 Å². The zero-order chi connectivity index (χ0) is 61.8. The highest BCUT2D eigenvalue weighted by Gasteiger charge is 2.30. The molecule has 19 heteroatoms. The Bertz CT molecular complexity index is 1660. The first-order valence-corrected chi connectivity index (χ1v) is 36.2. The van der Waals surface area contributed by atoms with Crippen LogP contribution in [0.25, 0.3) is 0 Å². The molecule has 17 nitrogen and oxygen atoms in total. The van der Waals surface area contributed by atoms with Gasteiger partial charge in [0.05, 0.1) is 26.4 Å². The van der Waals surface area contributed by atoms with E-state index in [1.54, 1.807) is 0 Å². The van der Waals surface area contributed by atoms with E-state index in [4.69, 9.17) is 37.0 Å². The number of aliphatic hydroxyl groups excluding tert-OH is 1. The largest absolute Gasteiger partial charge is 0.472 e. The van der Waals surface area contributed by atoms with Crippen molar-refractivity contribution in [1.82, 2.24) is 0 Å². The molecule has 0 aliphatic rings. The van der Waals surface area contributed by atoms with Crippen molar-refractivity contribution in [3.8, 4) is 0 Å². The third-order valence-corrected chi connectivity index (χ3v) is 16.5. The minimum absolute atomic E-state index is 0.101. The lowest BCUT2D eigenvalue weighted by molar-refractivity contribution is -0.161. The molecule has 0 spiro atoms. The fourth-order valence-electron chi connectivity index (χ4n) is 9.43. The molecular weight excluding hydrogens is 1100 g/mol. The molecule has 0 aliphatic carbocycles. The first kappa shape index (κ1) is 81.1. The molecule has 0 heterocycles. The molecule has 0 radical (unpaired) electrons. The Morgan fingerprint density at radius 3 is 0.747 bits per heavy atom. The van der Waals surface area contributed by atoms with Crippen molar-refractivity contribution in [2.75, 3.05) is 39.6 Å². The lowest BCUT2D eigenvalue weighted by Crippen LogP contribution is -2.30. The minimum Gasteiger partial charge on any atom is -0.462 e. The molecule has 83 heavy (non-hydrogen) atoms. The molecule has 3 N–H and O–H groups in total. The monoisotopic (exact) mass is 1230 g/mol. The van der Waals surface area contributed by atoms with E-state index in [1.165, 1.54) is 103 Å². The molecule has 5 atom stereocenters. The Hall–Kier alpha value is -1.94. The summed E-state index contributed by atoms with van der Waals surface area (Å²) in [6, 6.07) is 0. The molecule has 0 aromatic carbocycles. The maximum Gasteiger partial charge on any atom is 0.472 e. The summed E-state index contributed by atoms with van der Waals surface area (Å²) in [6.07, 6.45) is 33.8. The highest BCUT2D eigenvalue weighted by molar-refractivity contribution is 7.47. The van der Waals surface area contributed by atoms with Crippen molar-refractivity contribution < 1.29 is 80.2 Å². The molecule has 0 saturated carbocycles. The number of phosphoric acid groups is 2. The summed E-state index contributed by atoms with van der Waals surface area (Å²) in [6.45, 7) is 13.9. The van der Waals surface area contributed by atoms with Gasteiger partial charge >= 0.3 is 39.5 Å². The first-order valence-electron chi connectivity index (χ1n) is 33.2. The third-order valence-electron chi connectivity index (χ3n) is 14.6. The Balaban J connectivity index is 5.22. The summed E-state index contributed by atoms with van der Waals surface area (Å²) in [5, 5.41) is 10.5. The van der Waals surface area contributed by atoms with Gasteiger partial charge < -0.3 is 33.8 Å². The minimum atomic E-state index is -4.95. The highest BCUT2D eigenvalue weighted by Crippen LogP contribution is 2.45. The fourth-order valence-corrected chi connectivity index (χ4v) is 11.0. The van der Waals surface area contributed by atoms with Crippen LogP contribution in [0.1, 0.15) is 306 Å². The summed E-state index contributed by atoms with van der Waals surface area (Å²) >= 11 is 0. The first-order chi connectivity index (χ1) is 39.6. The molecule has 0 aliphatic heterocycles. The van der Waals surface area contributed by atoms with E-state index in [1.807, 2.05) is 0 Å². The number of rotatable bonds is 61. The van der Waals surface area contributed by atoms with Gasteiger partial charge in [-0.1, -0.05) is 254 Å². The number of ether oxygens (including phenoxy) is 4. The summed E-state index contributed by atoms with van der Waals surface area (Å²) in [5.41, 5.74) is 0. The second-order valence-electron chi connectivity index (χ2n) is 25.1. The van der Waals surface area contributed by atoms with Crippen molar-refractivity contribution in [2.24, 2.45) is 23.7 Å². The van der Waals surface area contributed by atoms with Crippen LogP contribution in [0.5, 0.6) is 0 Å². The van der Waals surface area contributed by atoms with Gasteiger partial charge in [-0.15, -0.1) is 0 Å². The number of hydrogen-bond donors (Lipinski definition) is 3. The lowest BCUT2D eigenvalue weighted by Gasteiger charge is -2.21. The number of unbranched alkanes of at least 4 members (excludes halogenated alkanes) is 27. The summed E-state index contributed by atoms with van der Waals surface area (Å²) < 4.78 is 67.9. The Morgan fingerprint density at radius 2 is 0.506 bits per heavy atom. The quantitative estimate of drug-likeness (QED) is 0.0222. The predicted molar refractivity (Wildman–Crippen MR) is 331 cm³/mol. The van der Waals surface area contributed by atoms with E-state index in [0.29, 0.717) is 43.4 Å². The molecule has 0 bridgehead atoms. The topological polar surface area (TPSA) is 237 Å². The van der Waals surface area contributed by atoms with E-state index in [0.717, 1.165) is 102 Å². The highest BCUT2D eigenvalue weighted by atomic mass is 31.2. The van der Waals surface area contributed by atoms with Crippen LogP contribution in [0, 0.1) is 23.7 Å². The van der Waals surface area contributed by atoms with Gasteiger partial charge in [0, 0.05) is 25.7 Å². The molecule has 0 amide bonds. The number of carbonyl (C=O) groups is 4. The van der Waals surface area contributed by atoms with E-state index in [-0.39, 0.29) is 25.7 Å². The van der Waals surface area contributed by atoms with Crippen LogP contribution >= 0.6 is 15.6 Å². The molecule has 0 aromatic rings. The summed E-state index contributed by atoms with van der Waals surface area (Å²) in [4.78, 5) is 72.1. The van der Waals surface area contributed by atoms with Gasteiger partial charge in [0.1, 0.15) is 19.3 Å². The van der Waals surface area contributed by atoms with Gasteiger partial charge in [-0.2, -0.15) is 0 Å².